The molecule has 3 amide bonds. The second kappa shape index (κ2) is 8.33. The predicted octanol–water partition coefficient (Wildman–Crippen LogP) is 2.77. The zero-order chi connectivity index (χ0) is 19.3. The molecule has 0 bridgehead atoms. The molecule has 1 aromatic carbocycles. The topological polar surface area (TPSA) is 61.9 Å². The number of piperazine rings is 1. The Labute approximate surface area is 152 Å². The van der Waals surface area contributed by atoms with Crippen LogP contribution in [0.5, 0.6) is 0 Å². The SMILES string of the molecule is CC(C)(C)OC(=O)N1CCN(C(=O)NCCc2c(F)cccc2F)CC1. The Morgan fingerprint density at radius 2 is 1.62 bits per heavy atom. The third kappa shape index (κ3) is 5.57. The number of nitrogens with zero attached hydrogens (tertiary/aromatic N) is 2. The lowest BCUT2D eigenvalue weighted by Gasteiger charge is -2.35. The second-order valence-electron chi connectivity index (χ2n) is 7.14. The van der Waals surface area contributed by atoms with E-state index in [0.29, 0.717) is 26.2 Å². The van der Waals surface area contributed by atoms with Gasteiger partial charge in [-0.1, -0.05) is 6.07 Å². The fraction of sp³-hybridized carbons (Fsp3) is 0.556. The molecule has 26 heavy (non-hydrogen) atoms. The minimum atomic E-state index is -0.620. The van der Waals surface area contributed by atoms with E-state index in [0.717, 1.165) is 0 Å². The molecule has 1 heterocycles. The number of ether oxygens (including phenoxy) is 1. The maximum absolute atomic E-state index is 13.6. The lowest BCUT2D eigenvalue weighted by molar-refractivity contribution is 0.0170. The average molecular weight is 369 g/mol. The van der Waals surface area contributed by atoms with Gasteiger partial charge in [-0.05, 0) is 39.3 Å². The molecule has 0 saturated carbocycles. The van der Waals surface area contributed by atoms with Crippen molar-refractivity contribution >= 4 is 12.1 Å². The van der Waals surface area contributed by atoms with Gasteiger partial charge in [0.25, 0.3) is 0 Å². The van der Waals surface area contributed by atoms with Gasteiger partial charge in [-0.3, -0.25) is 0 Å². The molecule has 0 atom stereocenters. The van der Waals surface area contributed by atoms with Crippen molar-refractivity contribution in [2.45, 2.75) is 32.8 Å². The van der Waals surface area contributed by atoms with Crippen LogP contribution in [0.25, 0.3) is 0 Å². The highest BCUT2D eigenvalue weighted by Gasteiger charge is 2.27. The van der Waals surface area contributed by atoms with Crippen molar-refractivity contribution in [2.75, 3.05) is 32.7 Å². The molecule has 2 rings (SSSR count). The average Bonchev–Trinajstić information content (AvgIpc) is 2.56. The van der Waals surface area contributed by atoms with Crippen molar-refractivity contribution in [3.8, 4) is 0 Å². The van der Waals surface area contributed by atoms with E-state index >= 15 is 0 Å². The molecule has 0 radical (unpaired) electrons. The molecular formula is C18H25F2N3O3. The first-order chi connectivity index (χ1) is 12.2. The molecule has 0 unspecified atom stereocenters. The number of rotatable bonds is 3. The maximum atomic E-state index is 13.6. The van der Waals surface area contributed by atoms with Crippen molar-refractivity contribution in [3.63, 3.8) is 0 Å². The lowest BCUT2D eigenvalue weighted by Crippen LogP contribution is -2.54. The number of hydrogen-bond acceptors (Lipinski definition) is 3. The van der Waals surface area contributed by atoms with E-state index in [-0.39, 0.29) is 24.6 Å². The van der Waals surface area contributed by atoms with Gasteiger partial charge in [-0.2, -0.15) is 0 Å². The highest BCUT2D eigenvalue weighted by atomic mass is 19.1. The van der Waals surface area contributed by atoms with Gasteiger partial charge < -0.3 is 19.9 Å². The van der Waals surface area contributed by atoms with Gasteiger partial charge in [-0.15, -0.1) is 0 Å². The van der Waals surface area contributed by atoms with Crippen molar-refractivity contribution in [1.82, 2.24) is 15.1 Å². The second-order valence-corrected chi connectivity index (χ2v) is 7.14. The molecule has 1 aromatic rings. The Morgan fingerprint density at radius 1 is 1.08 bits per heavy atom. The molecule has 144 valence electrons. The summed E-state index contributed by atoms with van der Waals surface area (Å²) in [6, 6.07) is 3.37. The highest BCUT2D eigenvalue weighted by Crippen LogP contribution is 2.13. The summed E-state index contributed by atoms with van der Waals surface area (Å²) in [5.41, 5.74) is -0.601. The first-order valence-corrected chi connectivity index (χ1v) is 8.61. The van der Waals surface area contributed by atoms with Crippen LogP contribution in [0.2, 0.25) is 0 Å². The first kappa shape index (κ1) is 19.9. The molecule has 1 fully saturated rings. The number of amides is 3. The summed E-state index contributed by atoms with van der Waals surface area (Å²) in [7, 11) is 0. The fourth-order valence-electron chi connectivity index (χ4n) is 2.60. The van der Waals surface area contributed by atoms with Crippen LogP contribution >= 0.6 is 0 Å². The summed E-state index contributed by atoms with van der Waals surface area (Å²) in [5.74, 6) is -1.24. The Hall–Kier alpha value is -2.38. The van der Waals surface area contributed by atoms with Crippen molar-refractivity contribution in [3.05, 3.63) is 35.4 Å². The lowest BCUT2D eigenvalue weighted by atomic mass is 10.1. The van der Waals surface area contributed by atoms with E-state index in [2.05, 4.69) is 5.32 Å². The summed E-state index contributed by atoms with van der Waals surface area (Å²) in [6.45, 7) is 7.03. The number of benzene rings is 1. The minimum Gasteiger partial charge on any atom is -0.444 e. The van der Waals surface area contributed by atoms with E-state index in [1.807, 2.05) is 0 Å². The summed E-state index contributed by atoms with van der Waals surface area (Å²) >= 11 is 0. The van der Waals surface area contributed by atoms with Gasteiger partial charge in [0, 0.05) is 38.3 Å². The largest absolute Gasteiger partial charge is 0.444 e. The number of hydrogen-bond donors (Lipinski definition) is 1. The normalized spacial score (nSPS) is 15.0. The third-order valence-electron chi connectivity index (χ3n) is 3.93. The van der Waals surface area contributed by atoms with Crippen LogP contribution in [0, 0.1) is 11.6 Å². The quantitative estimate of drug-likeness (QED) is 0.891. The zero-order valence-electron chi connectivity index (χ0n) is 15.3. The first-order valence-electron chi connectivity index (χ1n) is 8.61. The Morgan fingerprint density at radius 3 is 2.15 bits per heavy atom. The molecule has 1 N–H and O–H groups in total. The number of carbonyl (C=O) groups excluding carboxylic acids is 2. The number of urea groups is 1. The van der Waals surface area contributed by atoms with E-state index < -0.39 is 23.3 Å². The number of halogens is 2. The smallest absolute Gasteiger partial charge is 0.410 e. The molecule has 6 nitrogen and oxygen atoms in total. The standard InChI is InChI=1S/C18H25F2N3O3/c1-18(2,3)26-17(25)23-11-9-22(10-12-23)16(24)21-8-7-13-14(19)5-4-6-15(13)20/h4-6H,7-12H2,1-3H3,(H,21,24). The van der Waals surface area contributed by atoms with Crippen LogP contribution in [-0.2, 0) is 11.2 Å². The summed E-state index contributed by atoms with van der Waals surface area (Å²) in [5, 5.41) is 2.66. The molecule has 0 aromatic heterocycles. The highest BCUT2D eigenvalue weighted by molar-refractivity contribution is 5.75. The molecule has 1 aliphatic rings. The molecule has 0 aliphatic carbocycles. The molecule has 1 aliphatic heterocycles. The fourth-order valence-corrected chi connectivity index (χ4v) is 2.60. The van der Waals surface area contributed by atoms with Gasteiger partial charge in [0.05, 0.1) is 0 Å². The van der Waals surface area contributed by atoms with Crippen LogP contribution in [0.1, 0.15) is 26.3 Å². The van der Waals surface area contributed by atoms with Gasteiger partial charge in [0.2, 0.25) is 0 Å². The van der Waals surface area contributed by atoms with E-state index in [1.165, 1.54) is 18.2 Å². The summed E-state index contributed by atoms with van der Waals surface area (Å²) in [4.78, 5) is 27.3. The molecular weight excluding hydrogens is 344 g/mol. The monoisotopic (exact) mass is 369 g/mol. The Bertz CT molecular complexity index is 633. The van der Waals surface area contributed by atoms with Crippen molar-refractivity contribution < 1.29 is 23.1 Å². The third-order valence-corrected chi connectivity index (χ3v) is 3.93. The van der Waals surface area contributed by atoms with Gasteiger partial charge in [0.1, 0.15) is 17.2 Å². The predicted molar refractivity (Wildman–Crippen MR) is 92.8 cm³/mol. The minimum absolute atomic E-state index is 0.0393. The Kier molecular flexibility index (Phi) is 6.39. The molecule has 1 saturated heterocycles. The van der Waals surface area contributed by atoms with Gasteiger partial charge in [-0.25, -0.2) is 18.4 Å². The zero-order valence-corrected chi connectivity index (χ0v) is 15.3. The van der Waals surface area contributed by atoms with Gasteiger partial charge in [0.15, 0.2) is 0 Å². The van der Waals surface area contributed by atoms with Gasteiger partial charge >= 0.3 is 12.1 Å². The number of nitrogens with one attached hydrogen (secondary N) is 1. The van der Waals surface area contributed by atoms with E-state index in [1.54, 1.807) is 30.6 Å². The summed E-state index contributed by atoms with van der Waals surface area (Å²) in [6.07, 6.45) is -0.324. The van der Waals surface area contributed by atoms with Crippen LogP contribution in [0.15, 0.2) is 18.2 Å². The van der Waals surface area contributed by atoms with Crippen LogP contribution < -0.4 is 5.32 Å². The Balaban J connectivity index is 1.76. The van der Waals surface area contributed by atoms with Crippen LogP contribution in [0.4, 0.5) is 18.4 Å². The molecule has 0 spiro atoms. The summed E-state index contributed by atoms with van der Waals surface area (Å²) < 4.78 is 32.4. The number of carbonyl (C=O) groups is 2. The van der Waals surface area contributed by atoms with Crippen molar-refractivity contribution in [2.24, 2.45) is 0 Å². The van der Waals surface area contributed by atoms with Crippen LogP contribution in [0.3, 0.4) is 0 Å². The molecule has 8 heteroatoms. The van der Waals surface area contributed by atoms with E-state index in [4.69, 9.17) is 4.74 Å². The maximum Gasteiger partial charge on any atom is 0.410 e. The van der Waals surface area contributed by atoms with E-state index in [9.17, 15) is 18.4 Å². The van der Waals surface area contributed by atoms with Crippen LogP contribution in [-0.4, -0.2) is 60.2 Å². The van der Waals surface area contributed by atoms with Crippen molar-refractivity contribution in [1.29, 1.82) is 0 Å².